The average molecular weight is 419 g/mol. The summed E-state index contributed by atoms with van der Waals surface area (Å²) >= 11 is 1.83. The Morgan fingerprint density at radius 2 is 1.93 bits per heavy atom. The number of carbonyl (C=O) groups excluding carboxylic acids is 3. The van der Waals surface area contributed by atoms with Crippen LogP contribution in [0.1, 0.15) is 55.1 Å². The maximum Gasteiger partial charge on any atom is 0.413 e. The van der Waals surface area contributed by atoms with E-state index in [4.69, 9.17) is 9.15 Å². The van der Waals surface area contributed by atoms with E-state index in [1.54, 1.807) is 6.07 Å². The molecule has 0 aliphatic heterocycles. The fraction of sp³-hybridized carbons (Fsp3) is 0.476. The van der Waals surface area contributed by atoms with Crippen molar-refractivity contribution in [3.63, 3.8) is 0 Å². The first-order valence-corrected chi connectivity index (χ1v) is 10.8. The summed E-state index contributed by atoms with van der Waals surface area (Å²) in [5.41, 5.74) is 1.38. The van der Waals surface area contributed by atoms with Gasteiger partial charge in [-0.3, -0.25) is 10.1 Å². The van der Waals surface area contributed by atoms with Crippen molar-refractivity contribution in [2.45, 2.75) is 56.1 Å². The number of rotatable bonds is 6. The van der Waals surface area contributed by atoms with Gasteiger partial charge in [-0.05, 0) is 25.8 Å². The second-order valence-electron chi connectivity index (χ2n) is 7.01. The molecule has 0 radical (unpaired) electrons. The first kappa shape index (κ1) is 21.2. The largest absolute Gasteiger partial charge is 0.453 e. The Bertz CT molecular complexity index is 886. The molecule has 0 spiro atoms. The van der Waals surface area contributed by atoms with Crippen molar-refractivity contribution >= 4 is 40.7 Å². The Morgan fingerprint density at radius 3 is 2.66 bits per heavy atom. The summed E-state index contributed by atoms with van der Waals surface area (Å²) in [5.74, 6) is -0.755. The molecule has 1 heterocycles. The first-order chi connectivity index (χ1) is 14.0. The normalized spacial score (nSPS) is 15.7. The Labute approximate surface area is 173 Å². The van der Waals surface area contributed by atoms with E-state index in [9.17, 15) is 14.4 Å². The van der Waals surface area contributed by atoms with Crippen LogP contribution in [-0.2, 0) is 20.0 Å². The van der Waals surface area contributed by atoms with Gasteiger partial charge in [-0.15, -0.1) is 0 Å². The lowest BCUT2D eigenvalue weighted by Gasteiger charge is -2.20. The van der Waals surface area contributed by atoms with Gasteiger partial charge in [0.1, 0.15) is 5.58 Å². The second-order valence-corrected chi connectivity index (χ2v) is 8.29. The van der Waals surface area contributed by atoms with E-state index in [2.05, 4.69) is 4.74 Å². The summed E-state index contributed by atoms with van der Waals surface area (Å²) < 4.78 is 15.4. The van der Waals surface area contributed by atoms with Crippen LogP contribution in [0.4, 0.5) is 4.79 Å². The molecule has 0 unspecified atom stereocenters. The number of hydrogen-bond acceptors (Lipinski definition) is 7. The lowest BCUT2D eigenvalue weighted by Crippen LogP contribution is -2.39. The van der Waals surface area contributed by atoms with Crippen molar-refractivity contribution in [1.82, 2.24) is 5.32 Å². The molecule has 2 aromatic rings. The molecule has 2 amide bonds. The number of thioether (sulfide) groups is 1. The number of benzene rings is 1. The maximum absolute atomic E-state index is 12.7. The average Bonchev–Trinajstić information content (AvgIpc) is 3.11. The van der Waals surface area contributed by atoms with Crippen molar-refractivity contribution in [2.24, 2.45) is 0 Å². The molecule has 1 aliphatic carbocycles. The molecule has 1 N–H and O–H groups in total. The lowest BCUT2D eigenvalue weighted by atomic mass is 10.0. The number of hydrogen-bond donors (Lipinski definition) is 1. The van der Waals surface area contributed by atoms with E-state index in [1.807, 2.05) is 35.3 Å². The van der Waals surface area contributed by atoms with E-state index >= 15 is 0 Å². The number of para-hydroxylation sites is 1. The van der Waals surface area contributed by atoms with Crippen LogP contribution in [0.25, 0.3) is 11.0 Å². The highest BCUT2D eigenvalue weighted by atomic mass is 32.2. The number of esters is 1. The van der Waals surface area contributed by atoms with Crippen LogP contribution in [0, 0.1) is 0 Å². The van der Waals surface area contributed by atoms with Gasteiger partial charge >= 0.3 is 12.1 Å². The molecule has 156 valence electrons. The summed E-state index contributed by atoms with van der Waals surface area (Å²) in [4.78, 5) is 35.9. The van der Waals surface area contributed by atoms with Crippen LogP contribution in [0.2, 0.25) is 0 Å². The van der Waals surface area contributed by atoms with Crippen LogP contribution >= 0.6 is 11.8 Å². The molecule has 29 heavy (non-hydrogen) atoms. The van der Waals surface area contributed by atoms with Crippen molar-refractivity contribution in [2.75, 3.05) is 7.11 Å². The third-order valence-electron chi connectivity index (χ3n) is 4.96. The fourth-order valence-corrected chi connectivity index (χ4v) is 4.72. The Morgan fingerprint density at radius 1 is 1.21 bits per heavy atom. The number of ether oxygens (including phenoxy) is 2. The van der Waals surface area contributed by atoms with Gasteiger partial charge in [-0.25, -0.2) is 9.59 Å². The van der Waals surface area contributed by atoms with Gasteiger partial charge in [0.2, 0.25) is 5.76 Å². The van der Waals surface area contributed by atoms with E-state index in [-0.39, 0.29) is 5.76 Å². The quantitative estimate of drug-likeness (QED) is 0.692. The van der Waals surface area contributed by atoms with Gasteiger partial charge in [0, 0.05) is 22.0 Å². The van der Waals surface area contributed by atoms with Crippen LogP contribution in [0.5, 0.6) is 0 Å². The highest BCUT2D eigenvalue weighted by Crippen LogP contribution is 2.35. The predicted octanol–water partition coefficient (Wildman–Crippen LogP) is 4.43. The molecule has 0 saturated heterocycles. The number of imide groups is 1. The van der Waals surface area contributed by atoms with Gasteiger partial charge in [-0.1, -0.05) is 37.5 Å². The van der Waals surface area contributed by atoms with E-state index in [0.29, 0.717) is 16.6 Å². The fourth-order valence-electron chi connectivity index (χ4n) is 3.36. The SMILES string of the molecule is COC(=O)NC(=O)[C@@H](C)OC(=O)c1oc2ccccc2c1CSC1CCCCC1. The zero-order valence-corrected chi connectivity index (χ0v) is 17.4. The summed E-state index contributed by atoms with van der Waals surface area (Å²) in [7, 11) is 1.14. The molecule has 1 atom stereocenters. The number of furan rings is 1. The van der Waals surface area contributed by atoms with Gasteiger partial charge in [0.15, 0.2) is 6.10 Å². The minimum Gasteiger partial charge on any atom is -0.453 e. The number of nitrogens with one attached hydrogen (secondary N) is 1. The van der Waals surface area contributed by atoms with E-state index in [0.717, 1.165) is 18.1 Å². The van der Waals surface area contributed by atoms with E-state index in [1.165, 1.54) is 39.0 Å². The molecule has 8 heteroatoms. The molecule has 7 nitrogen and oxygen atoms in total. The molecule has 1 fully saturated rings. The molecule has 1 aromatic heterocycles. The molecule has 1 aromatic carbocycles. The number of carbonyl (C=O) groups is 3. The standard InChI is InChI=1S/C21H25NO6S/c1-13(19(23)22-21(25)26-2)27-20(24)18-16(12-29-14-8-4-3-5-9-14)15-10-6-7-11-17(15)28-18/h6-7,10-11,13-14H,3-5,8-9,12H2,1-2H3,(H,22,23,25)/t13-/m1/s1. The summed E-state index contributed by atoms with van der Waals surface area (Å²) in [6.45, 7) is 1.38. The van der Waals surface area contributed by atoms with Crippen molar-refractivity contribution in [3.05, 3.63) is 35.6 Å². The third-order valence-corrected chi connectivity index (χ3v) is 6.36. The number of methoxy groups -OCH3 is 1. The topological polar surface area (TPSA) is 94.8 Å². The first-order valence-electron chi connectivity index (χ1n) is 9.71. The smallest absolute Gasteiger partial charge is 0.413 e. The van der Waals surface area contributed by atoms with Gasteiger partial charge in [-0.2, -0.15) is 11.8 Å². The predicted molar refractivity (Wildman–Crippen MR) is 110 cm³/mol. The molecular weight excluding hydrogens is 394 g/mol. The molecule has 0 bridgehead atoms. The Hall–Kier alpha value is -2.48. The second kappa shape index (κ2) is 9.82. The molecule has 1 aliphatic rings. The van der Waals surface area contributed by atoms with Crippen LogP contribution in [0.15, 0.2) is 28.7 Å². The summed E-state index contributed by atoms with van der Waals surface area (Å²) in [6.07, 6.45) is 4.06. The molecule has 3 rings (SSSR count). The van der Waals surface area contributed by atoms with Gasteiger partial charge < -0.3 is 13.9 Å². The van der Waals surface area contributed by atoms with Crippen molar-refractivity contribution in [1.29, 1.82) is 0 Å². The zero-order chi connectivity index (χ0) is 20.8. The van der Waals surface area contributed by atoms with Crippen LogP contribution in [0.3, 0.4) is 0 Å². The highest BCUT2D eigenvalue weighted by Gasteiger charge is 2.27. The number of alkyl carbamates (subject to hydrolysis) is 1. The number of fused-ring (bicyclic) bond motifs is 1. The van der Waals surface area contributed by atoms with E-state index < -0.39 is 24.1 Å². The molecular formula is C21H25NO6S. The number of amides is 2. The Kier molecular flexibility index (Phi) is 7.19. The minimum atomic E-state index is -1.17. The lowest BCUT2D eigenvalue weighted by molar-refractivity contribution is -0.128. The zero-order valence-electron chi connectivity index (χ0n) is 16.6. The molecule has 1 saturated carbocycles. The maximum atomic E-state index is 12.7. The van der Waals surface area contributed by atoms with Gasteiger partial charge in [0.05, 0.1) is 7.11 Å². The van der Waals surface area contributed by atoms with Gasteiger partial charge in [0.25, 0.3) is 5.91 Å². The third kappa shape index (κ3) is 5.32. The van der Waals surface area contributed by atoms with Crippen molar-refractivity contribution in [3.8, 4) is 0 Å². The van der Waals surface area contributed by atoms with Crippen molar-refractivity contribution < 1.29 is 28.3 Å². The summed E-state index contributed by atoms with van der Waals surface area (Å²) in [5, 5.41) is 3.43. The minimum absolute atomic E-state index is 0.104. The monoisotopic (exact) mass is 419 g/mol. The summed E-state index contributed by atoms with van der Waals surface area (Å²) in [6, 6.07) is 7.45. The van der Waals surface area contributed by atoms with Crippen LogP contribution < -0.4 is 5.32 Å². The Balaban J connectivity index is 1.75. The highest BCUT2D eigenvalue weighted by molar-refractivity contribution is 7.99. The van der Waals surface area contributed by atoms with Crippen LogP contribution in [-0.4, -0.2) is 36.4 Å².